The summed E-state index contributed by atoms with van der Waals surface area (Å²) in [5.74, 6) is 0. The van der Waals surface area contributed by atoms with E-state index in [1.807, 2.05) is 12.4 Å². The van der Waals surface area contributed by atoms with Crippen LogP contribution in [-0.4, -0.2) is 4.98 Å². The fourth-order valence-corrected chi connectivity index (χ4v) is 2.38. The number of hydrogen-bond donors (Lipinski definition) is 0. The Labute approximate surface area is 116 Å². The highest BCUT2D eigenvalue weighted by atomic mass is 14.6. The SMILES string of the molecule is c1ccc(CCCCCCCc2ccncc2)cc1. The van der Waals surface area contributed by atoms with Gasteiger partial charge in [-0.2, -0.15) is 0 Å². The number of hydrogen-bond acceptors (Lipinski definition) is 1. The van der Waals surface area contributed by atoms with Gasteiger partial charge in [0.2, 0.25) is 0 Å². The molecule has 0 aliphatic rings. The highest BCUT2D eigenvalue weighted by Crippen LogP contribution is 2.10. The van der Waals surface area contributed by atoms with E-state index in [0.29, 0.717) is 0 Å². The number of pyridine rings is 1. The van der Waals surface area contributed by atoms with Gasteiger partial charge in [-0.15, -0.1) is 0 Å². The Morgan fingerprint density at radius 3 is 1.74 bits per heavy atom. The first kappa shape index (κ1) is 13.8. The molecule has 1 aromatic heterocycles. The monoisotopic (exact) mass is 253 g/mol. The van der Waals surface area contributed by atoms with Gasteiger partial charge in [0.05, 0.1) is 0 Å². The van der Waals surface area contributed by atoms with Crippen molar-refractivity contribution in [2.75, 3.05) is 0 Å². The van der Waals surface area contributed by atoms with Gasteiger partial charge in [0, 0.05) is 12.4 Å². The lowest BCUT2D eigenvalue weighted by molar-refractivity contribution is 0.613. The predicted octanol–water partition coefficient (Wildman–Crippen LogP) is 4.82. The molecule has 0 fully saturated rings. The number of aromatic nitrogens is 1. The maximum atomic E-state index is 4.04. The maximum Gasteiger partial charge on any atom is 0.0270 e. The third-order valence-electron chi connectivity index (χ3n) is 3.52. The van der Waals surface area contributed by atoms with Gasteiger partial charge in [0.15, 0.2) is 0 Å². The lowest BCUT2D eigenvalue weighted by atomic mass is 10.0. The van der Waals surface area contributed by atoms with Gasteiger partial charge in [-0.1, -0.05) is 49.6 Å². The topological polar surface area (TPSA) is 12.9 Å². The van der Waals surface area contributed by atoms with Crippen LogP contribution < -0.4 is 0 Å². The maximum absolute atomic E-state index is 4.04. The predicted molar refractivity (Wildman–Crippen MR) is 81.2 cm³/mol. The van der Waals surface area contributed by atoms with Crippen LogP contribution in [0.2, 0.25) is 0 Å². The van der Waals surface area contributed by atoms with Gasteiger partial charge in [-0.3, -0.25) is 4.98 Å². The molecule has 0 bridgehead atoms. The van der Waals surface area contributed by atoms with Gasteiger partial charge in [0.25, 0.3) is 0 Å². The first-order valence-corrected chi connectivity index (χ1v) is 7.38. The zero-order valence-corrected chi connectivity index (χ0v) is 11.6. The first-order valence-electron chi connectivity index (χ1n) is 7.38. The summed E-state index contributed by atoms with van der Waals surface area (Å²) >= 11 is 0. The van der Waals surface area contributed by atoms with Crippen LogP contribution in [0.25, 0.3) is 0 Å². The molecule has 0 spiro atoms. The molecule has 0 saturated carbocycles. The number of unbranched alkanes of at least 4 members (excludes halogenated alkanes) is 4. The zero-order valence-electron chi connectivity index (χ0n) is 11.6. The van der Waals surface area contributed by atoms with Gasteiger partial charge in [-0.25, -0.2) is 0 Å². The number of aryl methyl sites for hydroxylation is 2. The second-order valence-electron chi connectivity index (χ2n) is 5.11. The number of nitrogens with zero attached hydrogens (tertiary/aromatic N) is 1. The van der Waals surface area contributed by atoms with Crippen molar-refractivity contribution in [1.82, 2.24) is 4.98 Å². The summed E-state index contributed by atoms with van der Waals surface area (Å²) in [6.45, 7) is 0. The lowest BCUT2D eigenvalue weighted by Gasteiger charge is -2.03. The van der Waals surface area contributed by atoms with Crippen LogP contribution in [0.4, 0.5) is 0 Å². The molecule has 1 heteroatoms. The van der Waals surface area contributed by atoms with E-state index < -0.39 is 0 Å². The normalized spacial score (nSPS) is 10.5. The molecule has 100 valence electrons. The molecule has 0 saturated heterocycles. The van der Waals surface area contributed by atoms with E-state index in [1.165, 1.54) is 56.1 Å². The van der Waals surface area contributed by atoms with E-state index in [2.05, 4.69) is 47.4 Å². The number of benzene rings is 1. The summed E-state index contributed by atoms with van der Waals surface area (Å²) < 4.78 is 0. The Balaban J connectivity index is 1.49. The summed E-state index contributed by atoms with van der Waals surface area (Å²) in [4.78, 5) is 4.04. The largest absolute Gasteiger partial charge is 0.265 e. The quantitative estimate of drug-likeness (QED) is 0.615. The third kappa shape index (κ3) is 5.69. The molecule has 19 heavy (non-hydrogen) atoms. The van der Waals surface area contributed by atoms with Gasteiger partial charge < -0.3 is 0 Å². The second kappa shape index (κ2) is 8.47. The zero-order chi connectivity index (χ0) is 13.2. The third-order valence-corrected chi connectivity index (χ3v) is 3.52. The molecule has 1 heterocycles. The van der Waals surface area contributed by atoms with Crippen molar-refractivity contribution in [2.24, 2.45) is 0 Å². The molecule has 0 radical (unpaired) electrons. The van der Waals surface area contributed by atoms with Crippen molar-refractivity contribution in [3.8, 4) is 0 Å². The molecule has 0 aliphatic heterocycles. The average molecular weight is 253 g/mol. The minimum atomic E-state index is 1.20. The van der Waals surface area contributed by atoms with Crippen molar-refractivity contribution in [3.63, 3.8) is 0 Å². The highest BCUT2D eigenvalue weighted by molar-refractivity contribution is 5.14. The fourth-order valence-electron chi connectivity index (χ4n) is 2.38. The van der Waals surface area contributed by atoms with Crippen LogP contribution in [0.1, 0.15) is 43.2 Å². The Kier molecular flexibility index (Phi) is 6.15. The Bertz CT molecular complexity index is 392. The van der Waals surface area contributed by atoms with E-state index in [1.54, 1.807) is 0 Å². The molecule has 0 unspecified atom stereocenters. The van der Waals surface area contributed by atoms with E-state index in [-0.39, 0.29) is 0 Å². The van der Waals surface area contributed by atoms with Crippen molar-refractivity contribution >= 4 is 0 Å². The van der Waals surface area contributed by atoms with Crippen molar-refractivity contribution in [2.45, 2.75) is 44.9 Å². The van der Waals surface area contributed by atoms with Gasteiger partial charge in [0.1, 0.15) is 0 Å². The molecule has 1 nitrogen and oxygen atoms in total. The molecule has 0 atom stereocenters. The molecule has 2 rings (SSSR count). The van der Waals surface area contributed by atoms with Crippen molar-refractivity contribution < 1.29 is 0 Å². The van der Waals surface area contributed by atoms with Crippen LogP contribution in [0.5, 0.6) is 0 Å². The van der Waals surface area contributed by atoms with E-state index in [4.69, 9.17) is 0 Å². The summed E-state index contributed by atoms with van der Waals surface area (Å²) in [5.41, 5.74) is 2.89. The molecule has 2 aromatic rings. The first-order chi connectivity index (χ1) is 9.45. The highest BCUT2D eigenvalue weighted by Gasteiger charge is 1.95. The second-order valence-corrected chi connectivity index (χ2v) is 5.11. The molecule has 0 N–H and O–H groups in total. The van der Waals surface area contributed by atoms with Crippen LogP contribution >= 0.6 is 0 Å². The molecular weight excluding hydrogens is 230 g/mol. The minimum Gasteiger partial charge on any atom is -0.265 e. The minimum absolute atomic E-state index is 1.20. The summed E-state index contributed by atoms with van der Waals surface area (Å²) in [6, 6.07) is 15.0. The fraction of sp³-hybridized carbons (Fsp3) is 0.389. The van der Waals surface area contributed by atoms with Crippen LogP contribution in [0, 0.1) is 0 Å². The standard InChI is InChI=1S/C18H23N/c1(2-5-9-17-10-7-4-8-11-17)3-6-12-18-13-15-19-16-14-18/h4,7-8,10-11,13-16H,1-3,5-6,9,12H2. The summed E-state index contributed by atoms with van der Waals surface area (Å²) in [7, 11) is 0. The summed E-state index contributed by atoms with van der Waals surface area (Å²) in [6.07, 6.45) is 12.9. The van der Waals surface area contributed by atoms with Crippen LogP contribution in [-0.2, 0) is 12.8 Å². The molecule has 0 amide bonds. The van der Waals surface area contributed by atoms with E-state index in [0.717, 1.165) is 0 Å². The summed E-state index contributed by atoms with van der Waals surface area (Å²) in [5, 5.41) is 0. The Hall–Kier alpha value is -1.63. The van der Waals surface area contributed by atoms with Crippen LogP contribution in [0.15, 0.2) is 54.9 Å². The van der Waals surface area contributed by atoms with Gasteiger partial charge >= 0.3 is 0 Å². The lowest BCUT2D eigenvalue weighted by Crippen LogP contribution is -1.88. The van der Waals surface area contributed by atoms with E-state index >= 15 is 0 Å². The Morgan fingerprint density at radius 1 is 0.579 bits per heavy atom. The molecule has 0 aliphatic carbocycles. The Morgan fingerprint density at radius 2 is 1.11 bits per heavy atom. The molecule has 1 aromatic carbocycles. The average Bonchev–Trinajstić information content (AvgIpc) is 2.48. The van der Waals surface area contributed by atoms with Crippen molar-refractivity contribution in [3.05, 3.63) is 66.0 Å². The van der Waals surface area contributed by atoms with E-state index in [9.17, 15) is 0 Å². The smallest absolute Gasteiger partial charge is 0.0270 e. The van der Waals surface area contributed by atoms with Crippen LogP contribution in [0.3, 0.4) is 0 Å². The van der Waals surface area contributed by atoms with Gasteiger partial charge in [-0.05, 0) is 48.9 Å². The number of rotatable bonds is 8. The van der Waals surface area contributed by atoms with Crippen molar-refractivity contribution in [1.29, 1.82) is 0 Å². The molecular formula is C18H23N.